The van der Waals surface area contributed by atoms with Crippen molar-refractivity contribution in [1.82, 2.24) is 9.99 Å². The molecule has 1 aromatic heterocycles. The fraction of sp³-hybridized carbons (Fsp3) is 0.278. The first kappa shape index (κ1) is 18.3. The number of nitrogens with zero attached hydrogens (tertiary/aromatic N) is 2. The first-order chi connectivity index (χ1) is 11.9. The van der Waals surface area contributed by atoms with Crippen LogP contribution in [0.2, 0.25) is 0 Å². The van der Waals surface area contributed by atoms with E-state index in [1.807, 2.05) is 6.92 Å². The molecule has 1 heterocycles. The molecule has 2 aromatic rings. The molecule has 132 valence electrons. The number of carbonyl (C=O) groups is 2. The SMILES string of the molecule is CCCC(=O)Nc1ccc(O)c(C(C)=NNC(=O)c2cccn2C)c1. The first-order valence-corrected chi connectivity index (χ1v) is 8.01. The summed E-state index contributed by atoms with van der Waals surface area (Å²) in [6, 6.07) is 8.16. The molecule has 0 spiro atoms. The molecule has 1 aromatic carbocycles. The van der Waals surface area contributed by atoms with Crippen molar-refractivity contribution < 1.29 is 14.7 Å². The van der Waals surface area contributed by atoms with Gasteiger partial charge in [0.05, 0.1) is 5.71 Å². The highest BCUT2D eigenvalue weighted by atomic mass is 16.3. The normalized spacial score (nSPS) is 11.2. The number of aromatic nitrogens is 1. The molecule has 7 nitrogen and oxygen atoms in total. The lowest BCUT2D eigenvalue weighted by Gasteiger charge is -2.09. The van der Waals surface area contributed by atoms with E-state index < -0.39 is 0 Å². The number of hydrogen-bond acceptors (Lipinski definition) is 4. The van der Waals surface area contributed by atoms with Gasteiger partial charge in [0.15, 0.2) is 0 Å². The minimum atomic E-state index is -0.348. The zero-order valence-corrected chi connectivity index (χ0v) is 14.5. The Morgan fingerprint density at radius 1 is 1.28 bits per heavy atom. The number of amides is 2. The van der Waals surface area contributed by atoms with E-state index in [1.54, 1.807) is 49.0 Å². The number of nitrogens with one attached hydrogen (secondary N) is 2. The van der Waals surface area contributed by atoms with Gasteiger partial charge < -0.3 is 15.0 Å². The van der Waals surface area contributed by atoms with Crippen molar-refractivity contribution >= 4 is 23.2 Å². The Labute approximate surface area is 146 Å². The molecule has 7 heteroatoms. The highest BCUT2D eigenvalue weighted by Crippen LogP contribution is 2.22. The van der Waals surface area contributed by atoms with E-state index in [4.69, 9.17) is 0 Å². The Morgan fingerprint density at radius 2 is 2.04 bits per heavy atom. The molecule has 25 heavy (non-hydrogen) atoms. The van der Waals surface area contributed by atoms with Crippen LogP contribution >= 0.6 is 0 Å². The zero-order chi connectivity index (χ0) is 18.4. The maximum atomic E-state index is 12.1. The average Bonchev–Trinajstić information content (AvgIpc) is 3.00. The molecule has 0 saturated heterocycles. The van der Waals surface area contributed by atoms with Crippen LogP contribution in [-0.4, -0.2) is 27.2 Å². The summed E-state index contributed by atoms with van der Waals surface area (Å²) in [5.41, 5.74) is 4.35. The molecule has 0 aliphatic heterocycles. The maximum absolute atomic E-state index is 12.1. The summed E-state index contributed by atoms with van der Waals surface area (Å²) >= 11 is 0. The van der Waals surface area contributed by atoms with Crippen LogP contribution in [0.5, 0.6) is 5.75 Å². The summed E-state index contributed by atoms with van der Waals surface area (Å²) in [6.45, 7) is 3.59. The number of aryl methyl sites for hydroxylation is 1. The highest BCUT2D eigenvalue weighted by molar-refractivity contribution is 6.03. The lowest BCUT2D eigenvalue weighted by atomic mass is 10.1. The number of phenols is 1. The van der Waals surface area contributed by atoms with Crippen LogP contribution in [0, 0.1) is 0 Å². The molecule has 0 aliphatic carbocycles. The van der Waals surface area contributed by atoms with Gasteiger partial charge >= 0.3 is 0 Å². The minimum absolute atomic E-state index is 0.0165. The Bertz CT molecular complexity index is 808. The van der Waals surface area contributed by atoms with Gasteiger partial charge in [0.25, 0.3) is 5.91 Å². The predicted molar refractivity (Wildman–Crippen MR) is 96.7 cm³/mol. The van der Waals surface area contributed by atoms with Crippen molar-refractivity contribution in [3.63, 3.8) is 0 Å². The smallest absolute Gasteiger partial charge is 0.287 e. The summed E-state index contributed by atoms with van der Waals surface area (Å²) in [7, 11) is 1.76. The third-order valence-electron chi connectivity index (χ3n) is 3.65. The fourth-order valence-electron chi connectivity index (χ4n) is 2.30. The van der Waals surface area contributed by atoms with Gasteiger partial charge in [0, 0.05) is 30.9 Å². The third kappa shape index (κ3) is 4.69. The molecule has 0 unspecified atom stereocenters. The Kier molecular flexibility index (Phi) is 5.94. The van der Waals surface area contributed by atoms with Gasteiger partial charge in [0.2, 0.25) is 5.91 Å². The van der Waals surface area contributed by atoms with Gasteiger partial charge in [-0.15, -0.1) is 0 Å². The Morgan fingerprint density at radius 3 is 2.68 bits per heavy atom. The molecule has 0 aliphatic rings. The Hall–Kier alpha value is -3.09. The van der Waals surface area contributed by atoms with Crippen molar-refractivity contribution in [3.8, 4) is 5.75 Å². The topological polar surface area (TPSA) is 95.7 Å². The van der Waals surface area contributed by atoms with Gasteiger partial charge in [-0.3, -0.25) is 9.59 Å². The summed E-state index contributed by atoms with van der Waals surface area (Å²) in [5, 5.41) is 16.8. The van der Waals surface area contributed by atoms with Gasteiger partial charge in [-0.05, 0) is 43.7 Å². The lowest BCUT2D eigenvalue weighted by molar-refractivity contribution is -0.116. The van der Waals surface area contributed by atoms with Crippen molar-refractivity contribution in [3.05, 3.63) is 47.8 Å². The quantitative estimate of drug-likeness (QED) is 0.428. The first-order valence-electron chi connectivity index (χ1n) is 8.01. The van der Waals surface area contributed by atoms with Crippen LogP contribution in [-0.2, 0) is 11.8 Å². The highest BCUT2D eigenvalue weighted by Gasteiger charge is 2.11. The molecule has 0 bridgehead atoms. The Balaban J connectivity index is 2.14. The number of anilines is 1. The number of rotatable bonds is 6. The van der Waals surface area contributed by atoms with E-state index in [2.05, 4.69) is 15.8 Å². The van der Waals surface area contributed by atoms with Crippen molar-refractivity contribution in [2.45, 2.75) is 26.7 Å². The number of carbonyl (C=O) groups excluding carboxylic acids is 2. The van der Waals surface area contributed by atoms with E-state index in [9.17, 15) is 14.7 Å². The maximum Gasteiger partial charge on any atom is 0.287 e. The van der Waals surface area contributed by atoms with Gasteiger partial charge in [-0.25, -0.2) is 5.43 Å². The zero-order valence-electron chi connectivity index (χ0n) is 14.5. The molecule has 0 fully saturated rings. The second-order valence-corrected chi connectivity index (χ2v) is 5.67. The molecule has 0 saturated carbocycles. The number of hydrazone groups is 1. The van der Waals surface area contributed by atoms with E-state index in [-0.39, 0.29) is 17.6 Å². The largest absolute Gasteiger partial charge is 0.507 e. The molecule has 0 atom stereocenters. The predicted octanol–water partition coefficient (Wildman–Crippen LogP) is 2.62. The summed E-state index contributed by atoms with van der Waals surface area (Å²) in [6.07, 6.45) is 2.94. The van der Waals surface area contributed by atoms with E-state index in [0.29, 0.717) is 29.1 Å². The van der Waals surface area contributed by atoms with Gasteiger partial charge in [-0.2, -0.15) is 5.10 Å². The van der Waals surface area contributed by atoms with Crippen LogP contribution in [0.15, 0.2) is 41.6 Å². The number of aromatic hydroxyl groups is 1. The van der Waals surface area contributed by atoms with Crippen molar-refractivity contribution in [1.29, 1.82) is 0 Å². The average molecular weight is 342 g/mol. The van der Waals surface area contributed by atoms with Crippen LogP contribution in [0.1, 0.15) is 42.7 Å². The number of phenolic OH excluding ortho intramolecular Hbond substituents is 1. The molecule has 2 rings (SSSR count). The van der Waals surface area contributed by atoms with Crippen molar-refractivity contribution in [2.24, 2.45) is 12.1 Å². The summed E-state index contributed by atoms with van der Waals surface area (Å²) in [5.74, 6) is -0.424. The minimum Gasteiger partial charge on any atom is -0.507 e. The van der Waals surface area contributed by atoms with Gasteiger partial charge in [0.1, 0.15) is 11.4 Å². The number of benzene rings is 1. The second-order valence-electron chi connectivity index (χ2n) is 5.67. The summed E-state index contributed by atoms with van der Waals surface area (Å²) in [4.78, 5) is 23.8. The molecular formula is C18H22N4O3. The van der Waals surface area contributed by atoms with Crippen LogP contribution in [0.25, 0.3) is 0 Å². The van der Waals surface area contributed by atoms with E-state index >= 15 is 0 Å². The third-order valence-corrected chi connectivity index (χ3v) is 3.65. The van der Waals surface area contributed by atoms with Crippen LogP contribution in [0.4, 0.5) is 5.69 Å². The second kappa shape index (κ2) is 8.14. The van der Waals surface area contributed by atoms with Gasteiger partial charge in [-0.1, -0.05) is 6.92 Å². The fourth-order valence-corrected chi connectivity index (χ4v) is 2.30. The van der Waals surface area contributed by atoms with E-state index in [0.717, 1.165) is 6.42 Å². The molecule has 2 amide bonds. The monoisotopic (exact) mass is 342 g/mol. The number of hydrogen-bond donors (Lipinski definition) is 3. The van der Waals surface area contributed by atoms with Crippen LogP contribution in [0.3, 0.4) is 0 Å². The van der Waals surface area contributed by atoms with Crippen LogP contribution < -0.4 is 10.7 Å². The lowest BCUT2D eigenvalue weighted by Crippen LogP contribution is -2.21. The molecule has 3 N–H and O–H groups in total. The van der Waals surface area contributed by atoms with E-state index in [1.165, 1.54) is 6.07 Å². The molecular weight excluding hydrogens is 320 g/mol. The molecule has 0 radical (unpaired) electrons. The van der Waals surface area contributed by atoms with Crippen molar-refractivity contribution in [2.75, 3.05) is 5.32 Å². The standard InChI is InChI=1S/C18H22N4O3/c1-4-6-17(24)19-13-8-9-16(23)14(11-13)12(2)20-21-18(25)15-7-5-10-22(15)3/h5,7-11,23H,4,6H2,1-3H3,(H,19,24)(H,21,25). The summed E-state index contributed by atoms with van der Waals surface area (Å²) < 4.78 is 1.68.